The van der Waals surface area contributed by atoms with Gasteiger partial charge in [0.25, 0.3) is 11.8 Å². The summed E-state index contributed by atoms with van der Waals surface area (Å²) in [5.74, 6) is 0.348. The monoisotopic (exact) mass is 568 g/mol. The van der Waals surface area contributed by atoms with Crippen LogP contribution >= 0.6 is 22.7 Å². The standard InChI is InChI=1S/C26H32N8O3S2/c1-6-13(2)20-26-31-19(11-39-26)22(35)30-18(7-17-9-27-12-34(17)5)25-29-16(10-38-25)8-28-14(3)24-33-21(15(4)37-24)23(36)32-20/h9-14,18,20,28H,6-8H2,1-5H3,(H,30,35)(H,32,36)/t13-,14-,18-,20?/m0/s1. The second-order valence-corrected chi connectivity index (χ2v) is 11.6. The molecule has 0 saturated carbocycles. The van der Waals surface area contributed by atoms with Gasteiger partial charge in [-0.15, -0.1) is 22.7 Å². The summed E-state index contributed by atoms with van der Waals surface area (Å²) in [7, 11) is 1.93. The molecule has 0 fully saturated rings. The molecule has 1 aliphatic rings. The number of imidazole rings is 1. The maximum Gasteiger partial charge on any atom is 0.274 e. The van der Waals surface area contributed by atoms with Crippen LogP contribution in [-0.2, 0) is 20.0 Å². The van der Waals surface area contributed by atoms with Crippen molar-refractivity contribution in [2.24, 2.45) is 13.0 Å². The molecule has 206 valence electrons. The maximum atomic E-state index is 13.4. The first-order valence-electron chi connectivity index (χ1n) is 12.9. The summed E-state index contributed by atoms with van der Waals surface area (Å²) in [4.78, 5) is 45.0. The number of nitrogens with one attached hydrogen (secondary N) is 3. The minimum absolute atomic E-state index is 0.0835. The zero-order valence-electron chi connectivity index (χ0n) is 22.5. The van der Waals surface area contributed by atoms with Crippen LogP contribution in [0.5, 0.6) is 0 Å². The largest absolute Gasteiger partial charge is 0.443 e. The topological polar surface area (TPSA) is 140 Å². The van der Waals surface area contributed by atoms with Gasteiger partial charge in [0.1, 0.15) is 21.5 Å². The number of nitrogens with zero attached hydrogens (tertiary/aromatic N) is 5. The summed E-state index contributed by atoms with van der Waals surface area (Å²) in [6.45, 7) is 8.25. The Labute approximate surface area is 234 Å². The Kier molecular flexibility index (Phi) is 7.91. The van der Waals surface area contributed by atoms with Crippen molar-refractivity contribution in [3.05, 3.63) is 67.7 Å². The molecule has 1 unspecified atom stereocenters. The van der Waals surface area contributed by atoms with E-state index in [1.54, 1.807) is 24.8 Å². The van der Waals surface area contributed by atoms with Crippen molar-refractivity contribution in [2.45, 2.75) is 65.2 Å². The van der Waals surface area contributed by atoms with Crippen LogP contribution in [0.1, 0.15) is 99.3 Å². The summed E-state index contributed by atoms with van der Waals surface area (Å²) in [5.41, 5.74) is 2.36. The van der Waals surface area contributed by atoms with Crippen molar-refractivity contribution >= 4 is 34.5 Å². The lowest BCUT2D eigenvalue weighted by Gasteiger charge is -2.22. The third-order valence-corrected chi connectivity index (χ3v) is 8.95. The maximum absolute atomic E-state index is 13.4. The van der Waals surface area contributed by atoms with E-state index in [1.807, 2.05) is 23.9 Å². The Bertz CT molecular complexity index is 1470. The van der Waals surface area contributed by atoms with E-state index >= 15 is 0 Å². The first-order valence-corrected chi connectivity index (χ1v) is 14.7. The van der Waals surface area contributed by atoms with E-state index in [9.17, 15) is 9.59 Å². The molecule has 3 N–H and O–H groups in total. The Morgan fingerprint density at radius 3 is 2.67 bits per heavy atom. The van der Waals surface area contributed by atoms with Crippen molar-refractivity contribution in [1.82, 2.24) is 40.5 Å². The van der Waals surface area contributed by atoms with E-state index in [2.05, 4.69) is 44.7 Å². The molecule has 4 aromatic heterocycles. The summed E-state index contributed by atoms with van der Waals surface area (Å²) >= 11 is 2.86. The first-order chi connectivity index (χ1) is 18.7. The molecule has 6 bridgehead atoms. The van der Waals surface area contributed by atoms with Crippen molar-refractivity contribution in [3.63, 3.8) is 0 Å². The predicted molar refractivity (Wildman–Crippen MR) is 148 cm³/mol. The van der Waals surface area contributed by atoms with Crippen LogP contribution in [0.25, 0.3) is 0 Å². The fraction of sp³-hybridized carbons (Fsp3) is 0.462. The van der Waals surface area contributed by atoms with Gasteiger partial charge in [-0.25, -0.2) is 19.9 Å². The third kappa shape index (κ3) is 5.80. The molecule has 11 nitrogen and oxygen atoms in total. The molecule has 4 aromatic rings. The molecule has 0 aromatic carbocycles. The van der Waals surface area contributed by atoms with Crippen molar-refractivity contribution < 1.29 is 14.0 Å². The van der Waals surface area contributed by atoms with Gasteiger partial charge in [-0.2, -0.15) is 0 Å². The molecule has 5 heterocycles. The molecule has 5 rings (SSSR count). The second-order valence-electron chi connectivity index (χ2n) is 9.87. The molecule has 0 radical (unpaired) electrons. The Hall–Kier alpha value is -3.42. The zero-order valence-corrected chi connectivity index (χ0v) is 24.2. The number of thiazole rings is 2. The van der Waals surface area contributed by atoms with Crippen LogP contribution in [0.3, 0.4) is 0 Å². The number of carbonyl (C=O) groups is 2. The van der Waals surface area contributed by atoms with Crippen LogP contribution in [0, 0.1) is 12.8 Å². The third-order valence-electron chi connectivity index (χ3n) is 7.01. The Morgan fingerprint density at radius 1 is 1.13 bits per heavy atom. The fourth-order valence-electron chi connectivity index (χ4n) is 4.37. The number of aromatic nitrogens is 5. The van der Waals surface area contributed by atoms with E-state index in [0.29, 0.717) is 35.3 Å². The van der Waals surface area contributed by atoms with E-state index < -0.39 is 0 Å². The SMILES string of the molecule is CC[C@H](C)C1NC(=O)c2nc(oc2C)[C@H](C)NCc2csc(n2)[C@H](Cc2cncn2C)NC(=O)c2csc1n2. The minimum Gasteiger partial charge on any atom is -0.443 e. The second kappa shape index (κ2) is 11.4. The average Bonchev–Trinajstić information content (AvgIpc) is 3.72. The van der Waals surface area contributed by atoms with Gasteiger partial charge in [-0.1, -0.05) is 20.3 Å². The predicted octanol–water partition coefficient (Wildman–Crippen LogP) is 4.02. The van der Waals surface area contributed by atoms with Crippen LogP contribution in [0.2, 0.25) is 0 Å². The molecule has 2 amide bonds. The number of fused-ring (bicyclic) bond motifs is 6. The molecule has 0 spiro atoms. The summed E-state index contributed by atoms with van der Waals surface area (Å²) in [6.07, 6.45) is 4.88. The Balaban J connectivity index is 1.53. The number of hydrogen-bond donors (Lipinski definition) is 3. The molecular weight excluding hydrogens is 536 g/mol. The Morgan fingerprint density at radius 2 is 1.92 bits per heavy atom. The lowest BCUT2D eigenvalue weighted by molar-refractivity contribution is 0.0916. The minimum atomic E-state index is -0.380. The van der Waals surface area contributed by atoms with Gasteiger partial charge in [-0.05, 0) is 19.8 Å². The van der Waals surface area contributed by atoms with Gasteiger partial charge in [-0.3, -0.25) is 9.59 Å². The lowest BCUT2D eigenvalue weighted by Crippen LogP contribution is -2.33. The quantitative estimate of drug-likeness (QED) is 0.335. The van der Waals surface area contributed by atoms with Crippen molar-refractivity contribution in [3.8, 4) is 0 Å². The number of hydrogen-bond acceptors (Lipinski definition) is 10. The molecular formula is C26H32N8O3S2. The van der Waals surface area contributed by atoms with E-state index in [1.165, 1.54) is 22.7 Å². The molecule has 39 heavy (non-hydrogen) atoms. The number of rotatable bonds is 4. The van der Waals surface area contributed by atoms with Gasteiger partial charge in [0.15, 0.2) is 5.69 Å². The average molecular weight is 569 g/mol. The van der Waals surface area contributed by atoms with Crippen LogP contribution in [-0.4, -0.2) is 36.3 Å². The van der Waals surface area contributed by atoms with Crippen molar-refractivity contribution in [2.75, 3.05) is 0 Å². The molecule has 0 saturated heterocycles. The van der Waals surface area contributed by atoms with Gasteiger partial charge in [0, 0.05) is 42.7 Å². The fourth-order valence-corrected chi connectivity index (χ4v) is 6.22. The van der Waals surface area contributed by atoms with E-state index in [0.717, 1.165) is 22.8 Å². The highest BCUT2D eigenvalue weighted by molar-refractivity contribution is 7.10. The summed E-state index contributed by atoms with van der Waals surface area (Å²) < 4.78 is 7.81. The summed E-state index contributed by atoms with van der Waals surface area (Å²) in [6, 6.07) is -0.990. The zero-order chi connectivity index (χ0) is 27.7. The van der Waals surface area contributed by atoms with E-state index in [4.69, 9.17) is 9.40 Å². The normalized spacial score (nSPS) is 21.1. The number of carbonyl (C=O) groups excluding carboxylic acids is 2. The number of amides is 2. The molecule has 13 heteroatoms. The highest BCUT2D eigenvalue weighted by Gasteiger charge is 2.29. The molecule has 4 atom stereocenters. The van der Waals surface area contributed by atoms with Gasteiger partial charge in [0.05, 0.1) is 30.1 Å². The molecule has 1 aliphatic heterocycles. The van der Waals surface area contributed by atoms with Gasteiger partial charge < -0.3 is 24.9 Å². The van der Waals surface area contributed by atoms with Gasteiger partial charge >= 0.3 is 0 Å². The van der Waals surface area contributed by atoms with Crippen LogP contribution < -0.4 is 16.0 Å². The molecule has 0 aliphatic carbocycles. The highest BCUT2D eigenvalue weighted by atomic mass is 32.1. The first kappa shape index (κ1) is 27.2. The van der Waals surface area contributed by atoms with Crippen molar-refractivity contribution in [1.29, 1.82) is 0 Å². The van der Waals surface area contributed by atoms with Crippen LogP contribution in [0.15, 0.2) is 27.7 Å². The number of aryl methyl sites for hydroxylation is 2. The lowest BCUT2D eigenvalue weighted by atomic mass is 9.99. The van der Waals surface area contributed by atoms with Crippen LogP contribution in [0.4, 0.5) is 0 Å². The van der Waals surface area contributed by atoms with Gasteiger partial charge in [0.2, 0.25) is 5.89 Å². The van der Waals surface area contributed by atoms with E-state index in [-0.39, 0.29) is 41.6 Å². The highest BCUT2D eigenvalue weighted by Crippen LogP contribution is 2.29. The summed E-state index contributed by atoms with van der Waals surface area (Å²) in [5, 5.41) is 14.8. The number of oxazole rings is 1. The smallest absolute Gasteiger partial charge is 0.274 e.